The van der Waals surface area contributed by atoms with Gasteiger partial charge in [0.2, 0.25) is 0 Å². The summed E-state index contributed by atoms with van der Waals surface area (Å²) in [6.45, 7) is 0. The van der Waals surface area contributed by atoms with E-state index in [2.05, 4.69) is 15.0 Å². The lowest BCUT2D eigenvalue weighted by Crippen LogP contribution is -2.06. The number of hydrogen-bond acceptors (Lipinski definition) is 6. The fraction of sp³-hybridized carbons (Fsp3) is 0. The Bertz CT molecular complexity index is 1080. The first-order valence-corrected chi connectivity index (χ1v) is 7.50. The number of hydrogen-bond donors (Lipinski definition) is 3. The highest BCUT2D eigenvalue weighted by molar-refractivity contribution is 6.00. The average Bonchev–Trinajstić information content (AvgIpc) is 2.67. The van der Waals surface area contributed by atoms with Crippen LogP contribution in [0.25, 0.3) is 22.6 Å². The molecule has 0 atom stereocenters. The number of carboxylic acid groups (broad SMARTS) is 3. The zero-order valence-electron chi connectivity index (χ0n) is 13.5. The lowest BCUT2D eigenvalue weighted by Gasteiger charge is -2.12. The molecule has 3 aromatic heterocycles. The Kier molecular flexibility index (Phi) is 4.58. The predicted octanol–water partition coefficient (Wildman–Crippen LogP) is 2.30. The summed E-state index contributed by atoms with van der Waals surface area (Å²) in [7, 11) is 0. The second-order valence-electron chi connectivity index (χ2n) is 5.36. The molecule has 9 nitrogen and oxygen atoms in total. The van der Waals surface area contributed by atoms with Gasteiger partial charge in [0.05, 0.1) is 33.8 Å². The highest BCUT2D eigenvalue weighted by atomic mass is 16.4. The van der Waals surface area contributed by atoms with Crippen molar-refractivity contribution in [3.8, 4) is 22.6 Å². The molecule has 0 spiro atoms. The largest absolute Gasteiger partial charge is 0.478 e. The molecule has 0 fully saturated rings. The van der Waals surface area contributed by atoms with E-state index in [0.29, 0.717) is 0 Å². The number of rotatable bonds is 5. The van der Waals surface area contributed by atoms with Crippen LogP contribution in [-0.2, 0) is 0 Å². The molecule has 3 aromatic rings. The van der Waals surface area contributed by atoms with Gasteiger partial charge in [-0.25, -0.2) is 14.4 Å². The van der Waals surface area contributed by atoms with Crippen LogP contribution in [0.4, 0.5) is 0 Å². The molecule has 0 saturated heterocycles. The van der Waals surface area contributed by atoms with Gasteiger partial charge in [-0.15, -0.1) is 0 Å². The van der Waals surface area contributed by atoms with Crippen LogP contribution in [0.5, 0.6) is 0 Å². The van der Waals surface area contributed by atoms with Crippen molar-refractivity contribution in [2.24, 2.45) is 0 Å². The minimum atomic E-state index is -1.27. The first-order chi connectivity index (χ1) is 12.9. The van der Waals surface area contributed by atoms with E-state index in [1.807, 2.05) is 0 Å². The molecule has 0 saturated carbocycles. The Balaban J connectivity index is 2.31. The van der Waals surface area contributed by atoms with Crippen LogP contribution in [-0.4, -0.2) is 48.2 Å². The molecular weight excluding hydrogens is 354 g/mol. The Hall–Kier alpha value is -4.14. The minimum Gasteiger partial charge on any atom is -0.478 e. The van der Waals surface area contributed by atoms with Crippen LogP contribution >= 0.6 is 0 Å². The maximum absolute atomic E-state index is 11.7. The van der Waals surface area contributed by atoms with Gasteiger partial charge in [-0.05, 0) is 30.3 Å². The number of carboxylic acids is 3. The number of aromatic nitrogens is 3. The van der Waals surface area contributed by atoms with E-state index in [1.54, 1.807) is 0 Å². The SMILES string of the molecule is O=C(O)c1ccnc(-c2nccc(C(=O)O)c2-c2cc(C(=O)O)ccn2)c1. The normalized spacial score (nSPS) is 10.4. The molecule has 0 aliphatic rings. The maximum atomic E-state index is 11.7. The van der Waals surface area contributed by atoms with Crippen molar-refractivity contribution in [2.75, 3.05) is 0 Å². The molecule has 27 heavy (non-hydrogen) atoms. The molecule has 3 heterocycles. The molecule has 0 bridgehead atoms. The highest BCUT2D eigenvalue weighted by Crippen LogP contribution is 2.32. The van der Waals surface area contributed by atoms with Gasteiger partial charge in [-0.2, -0.15) is 0 Å². The molecule has 0 radical (unpaired) electrons. The summed E-state index contributed by atoms with van der Waals surface area (Å²) in [5.74, 6) is -3.65. The summed E-state index contributed by atoms with van der Waals surface area (Å²) in [5, 5.41) is 27.9. The molecule has 0 amide bonds. The lowest BCUT2D eigenvalue weighted by atomic mass is 9.99. The third-order valence-corrected chi connectivity index (χ3v) is 3.69. The number of nitrogens with zero attached hydrogens (tertiary/aromatic N) is 3. The van der Waals surface area contributed by atoms with Gasteiger partial charge in [0.15, 0.2) is 0 Å². The van der Waals surface area contributed by atoms with Gasteiger partial charge in [-0.3, -0.25) is 15.0 Å². The van der Waals surface area contributed by atoms with Crippen molar-refractivity contribution in [1.29, 1.82) is 0 Å². The van der Waals surface area contributed by atoms with Crippen molar-refractivity contribution in [2.45, 2.75) is 0 Å². The van der Waals surface area contributed by atoms with Crippen LogP contribution in [0.3, 0.4) is 0 Å². The minimum absolute atomic E-state index is 0.0446. The van der Waals surface area contributed by atoms with Gasteiger partial charge < -0.3 is 15.3 Å². The van der Waals surface area contributed by atoms with Crippen molar-refractivity contribution >= 4 is 17.9 Å². The van der Waals surface area contributed by atoms with Crippen molar-refractivity contribution < 1.29 is 29.7 Å². The molecular formula is C18H11N3O6. The first-order valence-electron chi connectivity index (χ1n) is 7.50. The monoisotopic (exact) mass is 365 g/mol. The van der Waals surface area contributed by atoms with Crippen LogP contribution < -0.4 is 0 Å². The topological polar surface area (TPSA) is 151 Å². The quantitative estimate of drug-likeness (QED) is 0.618. The Morgan fingerprint density at radius 2 is 1.19 bits per heavy atom. The zero-order chi connectivity index (χ0) is 19.6. The van der Waals surface area contributed by atoms with Gasteiger partial charge in [0.25, 0.3) is 0 Å². The van der Waals surface area contributed by atoms with E-state index in [9.17, 15) is 24.6 Å². The Morgan fingerprint density at radius 3 is 1.74 bits per heavy atom. The van der Waals surface area contributed by atoms with E-state index in [0.717, 1.165) is 0 Å². The average molecular weight is 365 g/mol. The van der Waals surface area contributed by atoms with E-state index in [4.69, 9.17) is 5.11 Å². The molecule has 0 aromatic carbocycles. The van der Waals surface area contributed by atoms with E-state index < -0.39 is 17.9 Å². The fourth-order valence-corrected chi connectivity index (χ4v) is 2.49. The van der Waals surface area contributed by atoms with E-state index >= 15 is 0 Å². The van der Waals surface area contributed by atoms with Gasteiger partial charge in [0.1, 0.15) is 0 Å². The van der Waals surface area contributed by atoms with E-state index in [-0.39, 0.29) is 39.3 Å². The standard InChI is InChI=1S/C18H11N3O6/c22-16(23)9-1-4-19-12(7-9)14-11(18(26)27)3-6-21-15(14)13-8-10(17(24)25)2-5-20-13/h1-8H,(H,22,23)(H,24,25)(H,26,27). The summed E-state index contributed by atoms with van der Waals surface area (Å²) < 4.78 is 0. The molecule has 3 N–H and O–H groups in total. The van der Waals surface area contributed by atoms with Crippen molar-refractivity contribution in [3.05, 3.63) is 65.6 Å². The van der Waals surface area contributed by atoms with Gasteiger partial charge >= 0.3 is 17.9 Å². The molecule has 9 heteroatoms. The Morgan fingerprint density at radius 1 is 0.667 bits per heavy atom. The Labute approximate surface area is 151 Å². The lowest BCUT2D eigenvalue weighted by molar-refractivity contribution is 0.0685. The number of carbonyl (C=O) groups is 3. The third kappa shape index (κ3) is 3.47. The second-order valence-corrected chi connectivity index (χ2v) is 5.36. The smallest absolute Gasteiger partial charge is 0.336 e. The summed E-state index contributed by atoms with van der Waals surface area (Å²) in [6.07, 6.45) is 3.75. The van der Waals surface area contributed by atoms with Crippen LogP contribution in [0, 0.1) is 0 Å². The van der Waals surface area contributed by atoms with Gasteiger partial charge in [-0.1, -0.05) is 0 Å². The van der Waals surface area contributed by atoms with Crippen molar-refractivity contribution in [3.63, 3.8) is 0 Å². The van der Waals surface area contributed by atoms with Gasteiger partial charge in [0, 0.05) is 24.2 Å². The highest BCUT2D eigenvalue weighted by Gasteiger charge is 2.21. The summed E-state index contributed by atoms with van der Waals surface area (Å²) >= 11 is 0. The summed E-state index contributed by atoms with van der Waals surface area (Å²) in [6, 6.07) is 6.27. The second kappa shape index (κ2) is 7.00. The molecule has 134 valence electrons. The summed E-state index contributed by atoms with van der Waals surface area (Å²) in [4.78, 5) is 46.4. The van der Waals surface area contributed by atoms with E-state index in [1.165, 1.54) is 48.9 Å². The third-order valence-electron chi connectivity index (χ3n) is 3.69. The van der Waals surface area contributed by atoms with Crippen LogP contribution in [0.2, 0.25) is 0 Å². The molecule has 3 rings (SSSR count). The first kappa shape index (κ1) is 17.7. The number of aromatic carboxylic acids is 3. The maximum Gasteiger partial charge on any atom is 0.336 e. The zero-order valence-corrected chi connectivity index (χ0v) is 13.5. The molecule has 0 aliphatic carbocycles. The molecule has 0 aliphatic heterocycles. The van der Waals surface area contributed by atoms with Crippen LogP contribution in [0.1, 0.15) is 31.1 Å². The number of pyridine rings is 3. The van der Waals surface area contributed by atoms with Crippen molar-refractivity contribution in [1.82, 2.24) is 15.0 Å². The molecule has 0 unspecified atom stereocenters. The summed E-state index contributed by atoms with van der Waals surface area (Å²) in [5.41, 5.74) is 0.00121. The van der Waals surface area contributed by atoms with Crippen LogP contribution in [0.15, 0.2) is 48.9 Å². The fourth-order valence-electron chi connectivity index (χ4n) is 2.49. The predicted molar refractivity (Wildman–Crippen MR) is 91.6 cm³/mol.